The number of aromatic nitrogens is 2. The maximum Gasteiger partial charge on any atom is 0.321 e. The fourth-order valence-corrected chi connectivity index (χ4v) is 2.97. The molecule has 7 nitrogen and oxygen atoms in total. The zero-order chi connectivity index (χ0) is 17.8. The highest BCUT2D eigenvalue weighted by Gasteiger charge is 2.28. The van der Waals surface area contributed by atoms with Crippen LogP contribution in [0.5, 0.6) is 0 Å². The number of Topliss-reactive ketones (excluding diaryl/α,β-unsaturated/α-hetero) is 1. The van der Waals surface area contributed by atoms with E-state index in [0.29, 0.717) is 42.5 Å². The first kappa shape index (κ1) is 17.1. The number of nitrogens with one attached hydrogen (secondary N) is 1. The summed E-state index contributed by atoms with van der Waals surface area (Å²) >= 11 is 0. The quantitative estimate of drug-likeness (QED) is 0.862. The molecule has 1 N–H and O–H groups in total. The lowest BCUT2D eigenvalue weighted by atomic mass is 9.97. The molecule has 1 saturated heterocycles. The van der Waals surface area contributed by atoms with Crippen molar-refractivity contribution in [2.24, 2.45) is 0 Å². The number of rotatable bonds is 4. The maximum atomic E-state index is 12.6. The van der Waals surface area contributed by atoms with Crippen LogP contribution >= 0.6 is 0 Å². The van der Waals surface area contributed by atoms with Crippen LogP contribution in [0, 0.1) is 0 Å². The lowest BCUT2D eigenvalue weighted by Gasteiger charge is -2.31. The average Bonchev–Trinajstić information content (AvgIpc) is 3.11. The summed E-state index contributed by atoms with van der Waals surface area (Å²) in [5.74, 6) is 1.36. The smallest absolute Gasteiger partial charge is 0.321 e. The molecule has 2 aromatic rings. The molecule has 1 atom stereocenters. The van der Waals surface area contributed by atoms with Gasteiger partial charge in [-0.15, -0.1) is 0 Å². The van der Waals surface area contributed by atoms with Gasteiger partial charge in [0, 0.05) is 36.7 Å². The predicted molar refractivity (Wildman–Crippen MR) is 92.7 cm³/mol. The standard InChI is InChI=1S/C18H22N4O3/c1-3-16-20-17(21-25-16)14-7-5-9-22(11-14)18(24)19-15-8-4-6-13(10-15)12(2)23/h4,6,8,10,14H,3,5,7,9,11H2,1-2H3,(H,19,24). The van der Waals surface area contributed by atoms with Crippen molar-refractivity contribution in [2.75, 3.05) is 18.4 Å². The van der Waals surface area contributed by atoms with Crippen LogP contribution in [0.3, 0.4) is 0 Å². The highest BCUT2D eigenvalue weighted by atomic mass is 16.5. The van der Waals surface area contributed by atoms with Crippen LogP contribution in [0.25, 0.3) is 0 Å². The topological polar surface area (TPSA) is 88.3 Å². The van der Waals surface area contributed by atoms with Gasteiger partial charge >= 0.3 is 6.03 Å². The lowest BCUT2D eigenvalue weighted by molar-refractivity contribution is 0.101. The van der Waals surface area contributed by atoms with E-state index in [0.717, 1.165) is 12.8 Å². The molecule has 1 unspecified atom stereocenters. The Hall–Kier alpha value is -2.70. The van der Waals surface area contributed by atoms with Crippen molar-refractivity contribution < 1.29 is 14.1 Å². The fourth-order valence-electron chi connectivity index (χ4n) is 2.97. The van der Waals surface area contributed by atoms with Gasteiger partial charge in [-0.05, 0) is 31.9 Å². The Kier molecular flexibility index (Phi) is 5.11. The van der Waals surface area contributed by atoms with Crippen molar-refractivity contribution in [1.82, 2.24) is 15.0 Å². The van der Waals surface area contributed by atoms with Gasteiger partial charge in [0.25, 0.3) is 0 Å². The highest BCUT2D eigenvalue weighted by Crippen LogP contribution is 2.25. The van der Waals surface area contributed by atoms with Crippen LogP contribution in [0.2, 0.25) is 0 Å². The number of ketones is 1. The SMILES string of the molecule is CCc1nc(C2CCCN(C(=O)Nc3cccc(C(C)=O)c3)C2)no1. The van der Waals surface area contributed by atoms with Crippen LogP contribution < -0.4 is 5.32 Å². The van der Waals surface area contributed by atoms with E-state index in [9.17, 15) is 9.59 Å². The minimum absolute atomic E-state index is 0.0297. The van der Waals surface area contributed by atoms with Gasteiger partial charge in [0.2, 0.25) is 5.89 Å². The normalized spacial score (nSPS) is 17.4. The number of piperidine rings is 1. The molecular weight excluding hydrogens is 320 g/mol. The summed E-state index contributed by atoms with van der Waals surface area (Å²) in [6.07, 6.45) is 2.53. The Balaban J connectivity index is 1.65. The molecule has 3 rings (SSSR count). The summed E-state index contributed by atoms with van der Waals surface area (Å²) < 4.78 is 5.18. The van der Waals surface area contributed by atoms with E-state index in [4.69, 9.17) is 4.52 Å². The number of aryl methyl sites for hydroxylation is 1. The predicted octanol–water partition coefficient (Wildman–Crippen LogP) is 3.25. The number of likely N-dealkylation sites (tertiary alicyclic amines) is 1. The molecule has 0 aliphatic carbocycles. The molecule has 1 aliphatic rings. The molecule has 2 amide bonds. The summed E-state index contributed by atoms with van der Waals surface area (Å²) in [5.41, 5.74) is 1.20. The lowest BCUT2D eigenvalue weighted by Crippen LogP contribution is -2.41. The maximum absolute atomic E-state index is 12.6. The molecule has 132 valence electrons. The third kappa shape index (κ3) is 4.04. The molecule has 25 heavy (non-hydrogen) atoms. The second-order valence-corrected chi connectivity index (χ2v) is 6.25. The number of hydrogen-bond acceptors (Lipinski definition) is 5. The molecule has 0 spiro atoms. The Morgan fingerprint density at radius 3 is 2.96 bits per heavy atom. The van der Waals surface area contributed by atoms with E-state index < -0.39 is 0 Å². The second-order valence-electron chi connectivity index (χ2n) is 6.25. The molecule has 0 saturated carbocycles. The van der Waals surface area contributed by atoms with Crippen molar-refractivity contribution in [1.29, 1.82) is 0 Å². The van der Waals surface area contributed by atoms with Gasteiger partial charge in [-0.2, -0.15) is 4.98 Å². The third-order valence-electron chi connectivity index (χ3n) is 4.38. The van der Waals surface area contributed by atoms with E-state index in [1.54, 1.807) is 29.2 Å². The summed E-state index contributed by atoms with van der Waals surface area (Å²) in [5, 5.41) is 6.90. The zero-order valence-electron chi connectivity index (χ0n) is 14.5. The van der Waals surface area contributed by atoms with Crippen LogP contribution in [-0.2, 0) is 6.42 Å². The minimum atomic E-state index is -0.176. The van der Waals surface area contributed by atoms with Gasteiger partial charge in [-0.25, -0.2) is 4.79 Å². The average molecular weight is 342 g/mol. The Morgan fingerprint density at radius 1 is 1.40 bits per heavy atom. The van der Waals surface area contributed by atoms with E-state index in [2.05, 4.69) is 15.5 Å². The van der Waals surface area contributed by atoms with Crippen LogP contribution in [-0.4, -0.2) is 39.9 Å². The number of hydrogen-bond donors (Lipinski definition) is 1. The van der Waals surface area contributed by atoms with Gasteiger partial charge in [0.05, 0.1) is 0 Å². The summed E-state index contributed by atoms with van der Waals surface area (Å²) in [4.78, 5) is 30.2. The Labute approximate surface area is 146 Å². The first-order valence-electron chi connectivity index (χ1n) is 8.56. The van der Waals surface area contributed by atoms with Crippen molar-refractivity contribution in [2.45, 2.75) is 39.0 Å². The summed E-state index contributed by atoms with van der Waals surface area (Å²) in [6, 6.07) is 6.78. The zero-order valence-corrected chi connectivity index (χ0v) is 14.5. The largest absolute Gasteiger partial charge is 0.339 e. The van der Waals surface area contributed by atoms with Crippen molar-refractivity contribution in [3.8, 4) is 0 Å². The molecule has 0 radical (unpaired) electrons. The third-order valence-corrected chi connectivity index (χ3v) is 4.38. The Bertz CT molecular complexity index is 771. The van der Waals surface area contributed by atoms with Gasteiger partial charge in [-0.3, -0.25) is 4.79 Å². The van der Waals surface area contributed by atoms with Gasteiger partial charge in [0.1, 0.15) is 0 Å². The number of benzene rings is 1. The number of amides is 2. The molecule has 1 aromatic carbocycles. The van der Waals surface area contributed by atoms with Crippen molar-refractivity contribution in [3.63, 3.8) is 0 Å². The number of urea groups is 1. The highest BCUT2D eigenvalue weighted by molar-refractivity contribution is 5.96. The van der Waals surface area contributed by atoms with Crippen LogP contribution in [0.1, 0.15) is 54.7 Å². The molecule has 1 aliphatic heterocycles. The van der Waals surface area contributed by atoms with E-state index in [1.807, 2.05) is 6.92 Å². The first-order valence-corrected chi connectivity index (χ1v) is 8.56. The van der Waals surface area contributed by atoms with E-state index >= 15 is 0 Å². The van der Waals surface area contributed by atoms with Gasteiger partial charge in [-0.1, -0.05) is 24.2 Å². The second kappa shape index (κ2) is 7.46. The number of anilines is 1. The molecule has 2 heterocycles. The summed E-state index contributed by atoms with van der Waals surface area (Å²) in [7, 11) is 0. The number of carbonyl (C=O) groups is 2. The molecular formula is C18H22N4O3. The minimum Gasteiger partial charge on any atom is -0.339 e. The summed E-state index contributed by atoms with van der Waals surface area (Å²) in [6.45, 7) is 4.72. The molecule has 7 heteroatoms. The van der Waals surface area contributed by atoms with Gasteiger partial charge < -0.3 is 14.7 Å². The fraction of sp³-hybridized carbons (Fsp3) is 0.444. The van der Waals surface area contributed by atoms with Gasteiger partial charge in [0.15, 0.2) is 11.6 Å². The monoisotopic (exact) mass is 342 g/mol. The van der Waals surface area contributed by atoms with E-state index in [1.165, 1.54) is 6.92 Å². The Morgan fingerprint density at radius 2 is 2.24 bits per heavy atom. The molecule has 0 bridgehead atoms. The molecule has 1 fully saturated rings. The molecule has 1 aromatic heterocycles. The van der Waals surface area contributed by atoms with Crippen molar-refractivity contribution in [3.05, 3.63) is 41.5 Å². The van der Waals surface area contributed by atoms with Crippen LogP contribution in [0.15, 0.2) is 28.8 Å². The number of carbonyl (C=O) groups excluding carboxylic acids is 2. The first-order chi connectivity index (χ1) is 12.1. The van der Waals surface area contributed by atoms with E-state index in [-0.39, 0.29) is 17.7 Å². The van der Waals surface area contributed by atoms with Crippen molar-refractivity contribution >= 4 is 17.5 Å². The number of nitrogens with zero attached hydrogens (tertiary/aromatic N) is 3. The van der Waals surface area contributed by atoms with Crippen LogP contribution in [0.4, 0.5) is 10.5 Å².